The lowest BCUT2D eigenvalue weighted by Gasteiger charge is -1.99. The third-order valence-corrected chi connectivity index (χ3v) is 5.68. The van der Waals surface area contributed by atoms with E-state index in [1.807, 2.05) is 5.80 Å². The van der Waals surface area contributed by atoms with Crippen molar-refractivity contribution >= 4 is 29.4 Å². The monoisotopic (exact) mass is 208 g/mol. The van der Waals surface area contributed by atoms with Crippen LogP contribution < -0.4 is 4.74 Å². The van der Waals surface area contributed by atoms with Crippen molar-refractivity contribution in [3.63, 3.8) is 0 Å². The molecule has 0 amide bonds. The van der Waals surface area contributed by atoms with Gasteiger partial charge in [0.2, 0.25) is 0 Å². The average molecular weight is 208 g/mol. The molecule has 0 fully saturated rings. The molecule has 0 spiro atoms. The standard InChI is InChI=1S/C5H7O3P3/c1-2-7-5(6)8-4-3-9-11-10-4/h3,9H,2H2,1H3. The lowest BCUT2D eigenvalue weighted by atomic mass is 10.9. The Morgan fingerprint density at radius 1 is 1.82 bits per heavy atom. The summed E-state index contributed by atoms with van der Waals surface area (Å²) in [5.41, 5.74) is 0.725. The lowest BCUT2D eigenvalue weighted by molar-refractivity contribution is 0.106. The summed E-state index contributed by atoms with van der Waals surface area (Å²) in [6.45, 7) is 2.12. The number of carbonyl (C=O) groups excluding carboxylic acids is 1. The Balaban J connectivity index is 2.37. The van der Waals surface area contributed by atoms with Crippen LogP contribution in [0.2, 0.25) is 0 Å². The summed E-state index contributed by atoms with van der Waals surface area (Å²) in [6, 6.07) is 0. The molecule has 11 heavy (non-hydrogen) atoms. The first-order valence-corrected chi connectivity index (χ1v) is 7.45. The van der Waals surface area contributed by atoms with Crippen molar-refractivity contribution in [1.82, 2.24) is 0 Å². The van der Waals surface area contributed by atoms with Gasteiger partial charge in [-0.15, -0.1) is 7.87 Å². The molecule has 1 atom stereocenters. The molecule has 6 heteroatoms. The molecule has 1 heterocycles. The van der Waals surface area contributed by atoms with Crippen LogP contribution in [0.5, 0.6) is 5.48 Å². The number of rotatable bonds is 2. The van der Waals surface area contributed by atoms with Gasteiger partial charge in [0.15, 0.2) is 5.48 Å². The topological polar surface area (TPSA) is 35.5 Å². The van der Waals surface area contributed by atoms with Gasteiger partial charge in [-0.3, -0.25) is 0 Å². The minimum absolute atomic E-state index is 0.364. The van der Waals surface area contributed by atoms with E-state index in [1.165, 1.54) is 7.55 Å². The second kappa shape index (κ2) is 4.72. The van der Waals surface area contributed by atoms with E-state index in [0.29, 0.717) is 6.61 Å². The van der Waals surface area contributed by atoms with Crippen LogP contribution in [-0.4, -0.2) is 12.8 Å². The molecule has 1 aromatic rings. The Labute approximate surface area is 69.2 Å². The Morgan fingerprint density at radius 3 is 3.18 bits per heavy atom. The minimum atomic E-state index is -0.590. The molecule has 0 bridgehead atoms. The highest BCUT2D eigenvalue weighted by atomic mass is 32.1. The van der Waals surface area contributed by atoms with Crippen LogP contribution in [0.15, 0.2) is 5.80 Å². The van der Waals surface area contributed by atoms with Crippen LogP contribution in [0.4, 0.5) is 4.79 Å². The van der Waals surface area contributed by atoms with Gasteiger partial charge in [-0.1, -0.05) is 0 Å². The van der Waals surface area contributed by atoms with Crippen LogP contribution >= 0.6 is 23.3 Å². The summed E-state index contributed by atoms with van der Waals surface area (Å²) in [6.07, 6.45) is -0.590. The van der Waals surface area contributed by atoms with Crippen LogP contribution in [0, 0.1) is 0 Å². The van der Waals surface area contributed by atoms with Crippen molar-refractivity contribution in [3.05, 3.63) is 5.80 Å². The zero-order chi connectivity index (χ0) is 8.10. The lowest BCUT2D eigenvalue weighted by Crippen LogP contribution is -2.08. The third kappa shape index (κ3) is 3.20. The van der Waals surface area contributed by atoms with E-state index in [9.17, 15) is 4.79 Å². The first-order chi connectivity index (χ1) is 5.33. The van der Waals surface area contributed by atoms with E-state index in [0.717, 1.165) is 21.2 Å². The van der Waals surface area contributed by atoms with E-state index in [1.54, 1.807) is 6.92 Å². The first-order valence-electron chi connectivity index (χ1n) is 3.04. The predicted octanol–water partition coefficient (Wildman–Crippen LogP) is 3.41. The maximum atomic E-state index is 10.7. The van der Waals surface area contributed by atoms with E-state index < -0.39 is 6.16 Å². The zero-order valence-corrected chi connectivity index (χ0v) is 8.69. The molecule has 0 saturated carbocycles. The van der Waals surface area contributed by atoms with Gasteiger partial charge in [-0.05, 0) is 14.5 Å². The fourth-order valence-corrected chi connectivity index (χ4v) is 5.26. The molecule has 1 aromatic heterocycles. The molecular formula is C5H7O3P3. The molecular weight excluding hydrogens is 201 g/mol. The summed E-state index contributed by atoms with van der Waals surface area (Å²) in [5.74, 6) is 1.93. The highest BCUT2D eigenvalue weighted by Crippen LogP contribution is 2.42. The number of ether oxygens (including phenoxy) is 2. The van der Waals surface area contributed by atoms with E-state index >= 15 is 0 Å². The van der Waals surface area contributed by atoms with Gasteiger partial charge in [0, 0.05) is 13.7 Å². The maximum absolute atomic E-state index is 10.7. The van der Waals surface area contributed by atoms with Crippen molar-refractivity contribution < 1.29 is 14.3 Å². The van der Waals surface area contributed by atoms with Crippen molar-refractivity contribution in [2.75, 3.05) is 6.61 Å². The number of hydrogen-bond donors (Lipinski definition) is 0. The first kappa shape index (κ1) is 9.00. The third-order valence-electron chi connectivity index (χ3n) is 0.844. The van der Waals surface area contributed by atoms with Crippen LogP contribution in [-0.2, 0) is 4.74 Å². The normalized spacial score (nSPS) is 11.4. The molecule has 0 aromatic carbocycles. The molecule has 3 nitrogen and oxygen atoms in total. The fourth-order valence-electron chi connectivity index (χ4n) is 0.474. The van der Waals surface area contributed by atoms with Gasteiger partial charge >= 0.3 is 6.16 Å². The van der Waals surface area contributed by atoms with Gasteiger partial charge in [0.25, 0.3) is 0 Å². The van der Waals surface area contributed by atoms with Gasteiger partial charge in [0.1, 0.15) is 0 Å². The fraction of sp³-hybridized carbons (Fsp3) is 0.400. The second-order valence-corrected chi connectivity index (χ2v) is 6.76. The van der Waals surface area contributed by atoms with E-state index in [2.05, 4.69) is 4.74 Å². The molecule has 0 saturated heterocycles. The quantitative estimate of drug-likeness (QED) is 0.698. The maximum Gasteiger partial charge on any atom is 0.514 e. The number of hydrogen-bond acceptors (Lipinski definition) is 3. The second-order valence-electron chi connectivity index (χ2n) is 1.60. The summed E-state index contributed by atoms with van der Waals surface area (Å²) < 4.78 is 9.44. The zero-order valence-electron chi connectivity index (χ0n) is 5.90. The largest absolute Gasteiger partial charge is 0.514 e. The summed E-state index contributed by atoms with van der Waals surface area (Å²) in [5, 5.41) is 0. The van der Waals surface area contributed by atoms with Gasteiger partial charge < -0.3 is 9.47 Å². The SMILES string of the molecule is CCOC(=O)Oc1c[pH]pp1. The van der Waals surface area contributed by atoms with Crippen LogP contribution in [0.1, 0.15) is 6.92 Å². The Hall–Kier alpha value is -0.0900. The molecule has 0 aliphatic rings. The Bertz CT molecular complexity index is 221. The Morgan fingerprint density at radius 2 is 2.64 bits per heavy atom. The highest BCUT2D eigenvalue weighted by molar-refractivity contribution is 8.17. The summed E-state index contributed by atoms with van der Waals surface area (Å²) in [4.78, 5) is 10.7. The van der Waals surface area contributed by atoms with Crippen molar-refractivity contribution in [3.8, 4) is 5.48 Å². The van der Waals surface area contributed by atoms with Crippen molar-refractivity contribution in [2.24, 2.45) is 0 Å². The molecule has 0 N–H and O–H groups in total. The van der Waals surface area contributed by atoms with Gasteiger partial charge in [0.05, 0.1) is 6.61 Å². The Kier molecular flexibility index (Phi) is 3.86. The molecule has 60 valence electrons. The number of carbonyl (C=O) groups is 1. The molecule has 0 radical (unpaired) electrons. The van der Waals surface area contributed by atoms with Gasteiger partial charge in [-0.25, -0.2) is 4.79 Å². The predicted molar refractivity (Wildman–Crippen MR) is 48.6 cm³/mol. The minimum Gasteiger partial charge on any atom is -0.434 e. The smallest absolute Gasteiger partial charge is 0.434 e. The van der Waals surface area contributed by atoms with Gasteiger partial charge in [-0.2, -0.15) is 0 Å². The van der Waals surface area contributed by atoms with Crippen LogP contribution in [0.3, 0.4) is 0 Å². The van der Waals surface area contributed by atoms with Crippen LogP contribution in [0.25, 0.3) is 0 Å². The molecule has 1 unspecified atom stereocenters. The van der Waals surface area contributed by atoms with E-state index in [4.69, 9.17) is 4.74 Å². The highest BCUT2D eigenvalue weighted by Gasteiger charge is 2.03. The van der Waals surface area contributed by atoms with Crippen molar-refractivity contribution in [2.45, 2.75) is 6.92 Å². The summed E-state index contributed by atoms with van der Waals surface area (Å²) in [7, 11) is 3.12. The van der Waals surface area contributed by atoms with Crippen molar-refractivity contribution in [1.29, 1.82) is 0 Å². The summed E-state index contributed by atoms with van der Waals surface area (Å²) >= 11 is 0. The average Bonchev–Trinajstić information content (AvgIpc) is 2.40. The molecule has 0 aliphatic heterocycles. The molecule has 1 rings (SSSR count). The molecule has 0 aliphatic carbocycles. The van der Waals surface area contributed by atoms with E-state index in [-0.39, 0.29) is 0 Å².